The molecule has 0 bridgehead atoms. The van der Waals surface area contributed by atoms with Crippen LogP contribution in [0.5, 0.6) is 0 Å². The first-order valence-electron chi connectivity index (χ1n) is 8.90. The fourth-order valence-electron chi connectivity index (χ4n) is 3.34. The van der Waals surface area contributed by atoms with E-state index in [-0.39, 0.29) is 18.2 Å². The van der Waals surface area contributed by atoms with Gasteiger partial charge in [0.05, 0.1) is 11.6 Å². The zero-order valence-corrected chi connectivity index (χ0v) is 15.5. The molecule has 1 amide bonds. The van der Waals surface area contributed by atoms with Crippen molar-refractivity contribution >= 4 is 11.6 Å². The van der Waals surface area contributed by atoms with Gasteiger partial charge in [-0.05, 0) is 55.7 Å². The van der Waals surface area contributed by atoms with Crippen molar-refractivity contribution in [2.45, 2.75) is 33.1 Å². The smallest absolute Gasteiger partial charge is 0.232 e. The van der Waals surface area contributed by atoms with Gasteiger partial charge in [0.2, 0.25) is 17.6 Å². The lowest BCUT2D eigenvalue weighted by atomic mass is 10.1. The summed E-state index contributed by atoms with van der Waals surface area (Å²) in [5, 5.41) is 4.06. The standard InChI is InChI=1S/C21H20FN3O2/c1-12-4-7-18(17(22)8-12)25-11-16(10-19(25)26)21-23-20(24-27-21)15-6-5-13(2)14(3)9-15/h4-9,16H,10-11H2,1-3H3. The van der Waals surface area contributed by atoms with E-state index in [4.69, 9.17) is 4.52 Å². The van der Waals surface area contributed by atoms with Gasteiger partial charge in [0, 0.05) is 18.5 Å². The van der Waals surface area contributed by atoms with Crippen LogP contribution in [0.15, 0.2) is 40.9 Å². The van der Waals surface area contributed by atoms with Gasteiger partial charge in [-0.2, -0.15) is 4.98 Å². The van der Waals surface area contributed by atoms with Crippen LogP contribution in [0, 0.1) is 26.6 Å². The predicted molar refractivity (Wildman–Crippen MR) is 100 cm³/mol. The summed E-state index contributed by atoms with van der Waals surface area (Å²) in [5.41, 5.74) is 4.32. The number of carbonyl (C=O) groups excluding carboxylic acids is 1. The number of hydrogen-bond acceptors (Lipinski definition) is 4. The molecule has 0 aliphatic carbocycles. The molecule has 1 fully saturated rings. The Labute approximate surface area is 156 Å². The fourth-order valence-corrected chi connectivity index (χ4v) is 3.34. The summed E-state index contributed by atoms with van der Waals surface area (Å²) in [6.45, 7) is 6.22. The highest BCUT2D eigenvalue weighted by molar-refractivity contribution is 5.96. The van der Waals surface area contributed by atoms with Crippen LogP contribution in [-0.4, -0.2) is 22.6 Å². The van der Waals surface area contributed by atoms with Crippen molar-refractivity contribution in [1.82, 2.24) is 10.1 Å². The molecule has 1 aliphatic heterocycles. The first-order valence-corrected chi connectivity index (χ1v) is 8.90. The molecule has 6 heteroatoms. The van der Waals surface area contributed by atoms with Gasteiger partial charge in [-0.15, -0.1) is 0 Å². The second kappa shape index (κ2) is 6.61. The average Bonchev–Trinajstić information content (AvgIpc) is 3.25. The molecule has 1 aliphatic rings. The van der Waals surface area contributed by atoms with Crippen molar-refractivity contribution in [3.05, 3.63) is 64.8 Å². The predicted octanol–water partition coefficient (Wildman–Crippen LogP) is 4.32. The molecule has 0 N–H and O–H groups in total. The molecule has 3 aromatic rings. The zero-order valence-electron chi connectivity index (χ0n) is 15.5. The molecule has 0 saturated carbocycles. The molecule has 1 atom stereocenters. The van der Waals surface area contributed by atoms with E-state index in [2.05, 4.69) is 10.1 Å². The van der Waals surface area contributed by atoms with Crippen molar-refractivity contribution in [3.63, 3.8) is 0 Å². The van der Waals surface area contributed by atoms with E-state index in [1.54, 1.807) is 12.1 Å². The molecular weight excluding hydrogens is 345 g/mol. The molecule has 1 saturated heterocycles. The molecule has 2 aromatic carbocycles. The molecule has 4 rings (SSSR count). The van der Waals surface area contributed by atoms with Crippen molar-refractivity contribution in [2.75, 3.05) is 11.4 Å². The van der Waals surface area contributed by atoms with Crippen LogP contribution in [0.2, 0.25) is 0 Å². The highest BCUT2D eigenvalue weighted by atomic mass is 19.1. The quantitative estimate of drug-likeness (QED) is 0.693. The molecule has 138 valence electrons. The Kier molecular flexibility index (Phi) is 4.26. The van der Waals surface area contributed by atoms with Gasteiger partial charge in [0.1, 0.15) is 5.82 Å². The number of carbonyl (C=O) groups is 1. The lowest BCUT2D eigenvalue weighted by Gasteiger charge is -2.17. The van der Waals surface area contributed by atoms with Crippen LogP contribution < -0.4 is 4.90 Å². The lowest BCUT2D eigenvalue weighted by Crippen LogP contribution is -2.25. The number of rotatable bonds is 3. The monoisotopic (exact) mass is 365 g/mol. The van der Waals surface area contributed by atoms with Gasteiger partial charge in [-0.1, -0.05) is 23.4 Å². The van der Waals surface area contributed by atoms with Gasteiger partial charge in [-0.25, -0.2) is 4.39 Å². The number of amides is 1. The van der Waals surface area contributed by atoms with Crippen LogP contribution in [0.1, 0.15) is 34.9 Å². The van der Waals surface area contributed by atoms with Crippen LogP contribution >= 0.6 is 0 Å². The third kappa shape index (κ3) is 3.23. The maximum Gasteiger partial charge on any atom is 0.232 e. The molecule has 1 unspecified atom stereocenters. The normalized spacial score (nSPS) is 17.0. The number of halogens is 1. The summed E-state index contributed by atoms with van der Waals surface area (Å²) >= 11 is 0. The molecule has 2 heterocycles. The van der Waals surface area contributed by atoms with Gasteiger partial charge in [0.15, 0.2) is 0 Å². The molecule has 0 spiro atoms. The third-order valence-corrected chi connectivity index (χ3v) is 5.08. The van der Waals surface area contributed by atoms with E-state index < -0.39 is 5.82 Å². The van der Waals surface area contributed by atoms with Crippen molar-refractivity contribution in [3.8, 4) is 11.4 Å². The topological polar surface area (TPSA) is 59.2 Å². The van der Waals surface area contributed by atoms with E-state index in [1.807, 2.05) is 39.0 Å². The minimum atomic E-state index is -0.398. The maximum atomic E-state index is 14.3. The summed E-state index contributed by atoms with van der Waals surface area (Å²) < 4.78 is 19.7. The molecule has 5 nitrogen and oxygen atoms in total. The van der Waals surface area contributed by atoms with Crippen LogP contribution in [-0.2, 0) is 4.79 Å². The highest BCUT2D eigenvalue weighted by Gasteiger charge is 2.36. The van der Waals surface area contributed by atoms with Gasteiger partial charge < -0.3 is 9.42 Å². The minimum Gasteiger partial charge on any atom is -0.339 e. The molecule has 0 radical (unpaired) electrons. The number of anilines is 1. The van der Waals surface area contributed by atoms with Crippen LogP contribution in [0.25, 0.3) is 11.4 Å². The minimum absolute atomic E-state index is 0.145. The molecular formula is C21H20FN3O2. The Bertz CT molecular complexity index is 1030. The summed E-state index contributed by atoms with van der Waals surface area (Å²) in [5.74, 6) is 0.122. The Hall–Kier alpha value is -3.02. The third-order valence-electron chi connectivity index (χ3n) is 5.08. The highest BCUT2D eigenvalue weighted by Crippen LogP contribution is 2.33. The number of hydrogen-bond donors (Lipinski definition) is 0. The average molecular weight is 365 g/mol. The number of aryl methyl sites for hydroxylation is 3. The number of aromatic nitrogens is 2. The van der Waals surface area contributed by atoms with Crippen LogP contribution in [0.3, 0.4) is 0 Å². The number of nitrogens with zero attached hydrogens (tertiary/aromatic N) is 3. The summed E-state index contributed by atoms with van der Waals surface area (Å²) in [6.07, 6.45) is 0.224. The van der Waals surface area contributed by atoms with E-state index in [0.29, 0.717) is 23.9 Å². The second-order valence-corrected chi connectivity index (χ2v) is 7.12. The van der Waals surface area contributed by atoms with Crippen molar-refractivity contribution in [2.24, 2.45) is 0 Å². The Morgan fingerprint density at radius 2 is 1.93 bits per heavy atom. The van der Waals surface area contributed by atoms with Gasteiger partial charge >= 0.3 is 0 Å². The number of benzene rings is 2. The van der Waals surface area contributed by atoms with Crippen molar-refractivity contribution < 1.29 is 13.7 Å². The molecule has 27 heavy (non-hydrogen) atoms. The first-order chi connectivity index (χ1) is 12.9. The van der Waals surface area contributed by atoms with E-state index in [1.165, 1.54) is 16.5 Å². The lowest BCUT2D eigenvalue weighted by molar-refractivity contribution is -0.117. The Balaban J connectivity index is 1.57. The summed E-state index contributed by atoms with van der Waals surface area (Å²) in [6, 6.07) is 10.8. The molecule has 1 aromatic heterocycles. The van der Waals surface area contributed by atoms with E-state index in [9.17, 15) is 9.18 Å². The van der Waals surface area contributed by atoms with E-state index in [0.717, 1.165) is 16.7 Å². The van der Waals surface area contributed by atoms with Crippen molar-refractivity contribution in [1.29, 1.82) is 0 Å². The summed E-state index contributed by atoms with van der Waals surface area (Å²) in [7, 11) is 0. The zero-order chi connectivity index (χ0) is 19.1. The first kappa shape index (κ1) is 17.4. The van der Waals surface area contributed by atoms with E-state index >= 15 is 0 Å². The SMILES string of the molecule is Cc1ccc(N2CC(c3nc(-c4ccc(C)c(C)c4)no3)CC2=O)c(F)c1. The van der Waals surface area contributed by atoms with Gasteiger partial charge in [-0.3, -0.25) is 4.79 Å². The summed E-state index contributed by atoms with van der Waals surface area (Å²) in [4.78, 5) is 18.4. The fraction of sp³-hybridized carbons (Fsp3) is 0.286. The Morgan fingerprint density at radius 3 is 2.67 bits per heavy atom. The largest absolute Gasteiger partial charge is 0.339 e. The maximum absolute atomic E-state index is 14.3. The van der Waals surface area contributed by atoms with Gasteiger partial charge in [0.25, 0.3) is 0 Å². The second-order valence-electron chi connectivity index (χ2n) is 7.12. The van der Waals surface area contributed by atoms with Crippen LogP contribution in [0.4, 0.5) is 10.1 Å². The Morgan fingerprint density at radius 1 is 1.11 bits per heavy atom.